The molecule has 1 saturated carbocycles. The highest BCUT2D eigenvalue weighted by molar-refractivity contribution is 7.89. The summed E-state index contributed by atoms with van der Waals surface area (Å²) in [5, 5.41) is 9.30. The second kappa shape index (κ2) is 5.62. The topological polar surface area (TPSA) is 71.8 Å². The van der Waals surface area contributed by atoms with E-state index in [-0.39, 0.29) is 11.5 Å². The molecule has 1 aliphatic carbocycles. The highest BCUT2D eigenvalue weighted by atomic mass is 32.2. The van der Waals surface area contributed by atoms with Crippen LogP contribution in [-0.4, -0.2) is 49.7 Å². The average molecular weight is 288 g/mol. The van der Waals surface area contributed by atoms with E-state index in [9.17, 15) is 13.5 Å². The maximum absolute atomic E-state index is 12.3. The largest absolute Gasteiger partial charge is 0.390 e. The molecule has 1 aromatic heterocycles. The van der Waals surface area contributed by atoms with Gasteiger partial charge in [0, 0.05) is 38.6 Å². The molecule has 0 bridgehead atoms. The first-order valence-electron chi connectivity index (χ1n) is 6.27. The van der Waals surface area contributed by atoms with Gasteiger partial charge in [0.05, 0.1) is 13.2 Å². The third-order valence-corrected chi connectivity index (χ3v) is 5.15. The van der Waals surface area contributed by atoms with Gasteiger partial charge in [0.25, 0.3) is 0 Å². The van der Waals surface area contributed by atoms with Crippen molar-refractivity contribution in [2.45, 2.75) is 30.4 Å². The highest BCUT2D eigenvalue weighted by Crippen LogP contribution is 2.37. The Labute approximate surface area is 113 Å². The molecule has 0 atom stereocenters. The molecule has 0 aliphatic heterocycles. The third-order valence-electron chi connectivity index (χ3n) is 3.33. The number of likely N-dealkylation sites (N-methyl/N-ethyl adjacent to an activating group) is 1. The van der Waals surface area contributed by atoms with Gasteiger partial charge in [-0.25, -0.2) is 8.42 Å². The van der Waals surface area contributed by atoms with Crippen molar-refractivity contribution in [3.63, 3.8) is 0 Å². The fourth-order valence-corrected chi connectivity index (χ4v) is 3.18. The Balaban J connectivity index is 2.24. The number of methoxy groups -OCH3 is 1. The number of nitrogens with zero attached hydrogens (tertiary/aromatic N) is 2. The second-order valence-electron chi connectivity index (χ2n) is 4.78. The lowest BCUT2D eigenvalue weighted by Gasteiger charge is -2.15. The SMILES string of the molecule is COCCN(C)S(=O)(=O)c1cc(CO)n(C2CC2)c1. The zero-order valence-corrected chi connectivity index (χ0v) is 12.1. The summed E-state index contributed by atoms with van der Waals surface area (Å²) < 4.78 is 32.7. The van der Waals surface area contributed by atoms with E-state index in [0.29, 0.717) is 24.9 Å². The van der Waals surface area contributed by atoms with E-state index in [1.807, 2.05) is 4.57 Å². The lowest BCUT2D eigenvalue weighted by Crippen LogP contribution is -2.29. The monoisotopic (exact) mass is 288 g/mol. The first-order chi connectivity index (χ1) is 9.00. The quantitative estimate of drug-likeness (QED) is 0.797. The van der Waals surface area contributed by atoms with Crippen molar-refractivity contribution in [3.8, 4) is 0 Å². The van der Waals surface area contributed by atoms with Gasteiger partial charge in [-0.2, -0.15) is 4.31 Å². The molecule has 0 spiro atoms. The average Bonchev–Trinajstić information content (AvgIpc) is 3.14. The number of hydrogen-bond donors (Lipinski definition) is 1. The van der Waals surface area contributed by atoms with Gasteiger partial charge in [0.1, 0.15) is 4.90 Å². The Morgan fingerprint density at radius 3 is 2.74 bits per heavy atom. The van der Waals surface area contributed by atoms with Crippen LogP contribution in [0, 0.1) is 0 Å². The summed E-state index contributed by atoms with van der Waals surface area (Å²) in [6, 6.07) is 1.90. The zero-order valence-electron chi connectivity index (χ0n) is 11.2. The van der Waals surface area contributed by atoms with Gasteiger partial charge < -0.3 is 14.4 Å². The van der Waals surface area contributed by atoms with Crippen molar-refractivity contribution < 1.29 is 18.3 Å². The van der Waals surface area contributed by atoms with E-state index in [4.69, 9.17) is 4.74 Å². The molecule has 0 aromatic carbocycles. The smallest absolute Gasteiger partial charge is 0.244 e. The molecule has 1 heterocycles. The molecule has 0 unspecified atom stereocenters. The van der Waals surface area contributed by atoms with Gasteiger partial charge in [0.15, 0.2) is 0 Å². The minimum absolute atomic E-state index is 0.145. The van der Waals surface area contributed by atoms with E-state index in [1.165, 1.54) is 18.5 Å². The van der Waals surface area contributed by atoms with Crippen molar-refractivity contribution in [1.29, 1.82) is 0 Å². The first-order valence-corrected chi connectivity index (χ1v) is 7.71. The molecular formula is C12H20N2O4S. The molecule has 1 N–H and O–H groups in total. The Bertz CT molecular complexity index is 534. The Kier molecular flexibility index (Phi) is 4.29. The van der Waals surface area contributed by atoms with E-state index in [2.05, 4.69) is 0 Å². The van der Waals surface area contributed by atoms with Crippen LogP contribution in [-0.2, 0) is 21.4 Å². The van der Waals surface area contributed by atoms with Crippen LogP contribution < -0.4 is 0 Å². The van der Waals surface area contributed by atoms with Crippen LogP contribution in [0.3, 0.4) is 0 Å². The number of sulfonamides is 1. The Morgan fingerprint density at radius 1 is 1.53 bits per heavy atom. The number of hydrogen-bond acceptors (Lipinski definition) is 4. The van der Waals surface area contributed by atoms with Gasteiger partial charge in [0.2, 0.25) is 10.0 Å². The Hall–Kier alpha value is -0.890. The molecular weight excluding hydrogens is 268 g/mol. The number of ether oxygens (including phenoxy) is 1. The molecule has 0 saturated heterocycles. The van der Waals surface area contributed by atoms with E-state index >= 15 is 0 Å². The normalized spacial score (nSPS) is 16.2. The molecule has 7 heteroatoms. The van der Waals surface area contributed by atoms with Crippen molar-refractivity contribution >= 4 is 10.0 Å². The summed E-state index contributed by atoms with van der Waals surface area (Å²) >= 11 is 0. The van der Waals surface area contributed by atoms with Crippen molar-refractivity contribution in [2.24, 2.45) is 0 Å². The Morgan fingerprint density at radius 2 is 2.21 bits per heavy atom. The fourth-order valence-electron chi connectivity index (χ4n) is 1.98. The van der Waals surface area contributed by atoms with Crippen molar-refractivity contribution in [1.82, 2.24) is 8.87 Å². The molecule has 1 fully saturated rings. The predicted molar refractivity (Wildman–Crippen MR) is 70.3 cm³/mol. The lowest BCUT2D eigenvalue weighted by atomic mass is 10.4. The fraction of sp³-hybridized carbons (Fsp3) is 0.667. The van der Waals surface area contributed by atoms with Gasteiger partial charge in [-0.1, -0.05) is 0 Å². The predicted octanol–water partition coefficient (Wildman–Crippen LogP) is 0.582. The summed E-state index contributed by atoms with van der Waals surface area (Å²) in [7, 11) is -0.443. The number of aliphatic hydroxyl groups excluding tert-OH is 1. The van der Waals surface area contributed by atoms with E-state index in [1.54, 1.807) is 12.3 Å². The van der Waals surface area contributed by atoms with E-state index in [0.717, 1.165) is 12.8 Å². The van der Waals surface area contributed by atoms with E-state index < -0.39 is 10.0 Å². The van der Waals surface area contributed by atoms with Gasteiger partial charge in [-0.15, -0.1) is 0 Å². The summed E-state index contributed by atoms with van der Waals surface area (Å²) in [4.78, 5) is 0.238. The summed E-state index contributed by atoms with van der Waals surface area (Å²) in [5.74, 6) is 0. The molecule has 0 radical (unpaired) electrons. The highest BCUT2D eigenvalue weighted by Gasteiger charge is 2.29. The van der Waals surface area contributed by atoms with Crippen molar-refractivity contribution in [2.75, 3.05) is 27.3 Å². The van der Waals surface area contributed by atoms with Crippen LogP contribution in [0.1, 0.15) is 24.6 Å². The third kappa shape index (κ3) is 3.00. The maximum Gasteiger partial charge on any atom is 0.244 e. The molecule has 0 amide bonds. The van der Waals surface area contributed by atoms with Crippen LogP contribution in [0.5, 0.6) is 0 Å². The van der Waals surface area contributed by atoms with Crippen LogP contribution >= 0.6 is 0 Å². The molecule has 1 aromatic rings. The summed E-state index contributed by atoms with van der Waals surface area (Å²) in [6.07, 6.45) is 3.71. The van der Waals surface area contributed by atoms with Crippen LogP contribution in [0.4, 0.5) is 0 Å². The molecule has 1 aliphatic rings. The molecule has 108 valence electrons. The number of aliphatic hydroxyl groups is 1. The van der Waals surface area contributed by atoms with Gasteiger partial charge >= 0.3 is 0 Å². The van der Waals surface area contributed by atoms with Crippen LogP contribution in [0.2, 0.25) is 0 Å². The lowest BCUT2D eigenvalue weighted by molar-refractivity contribution is 0.185. The standard InChI is InChI=1S/C12H20N2O4S/c1-13(5-6-18-2)19(16,17)12-7-11(9-15)14(8-12)10-3-4-10/h7-8,10,15H,3-6,9H2,1-2H3. The number of aromatic nitrogens is 1. The minimum Gasteiger partial charge on any atom is -0.390 e. The minimum atomic E-state index is -3.51. The second-order valence-corrected chi connectivity index (χ2v) is 6.83. The van der Waals surface area contributed by atoms with Crippen LogP contribution in [0.15, 0.2) is 17.2 Å². The molecule has 2 rings (SSSR count). The number of rotatable bonds is 7. The maximum atomic E-state index is 12.3. The van der Waals surface area contributed by atoms with Crippen LogP contribution in [0.25, 0.3) is 0 Å². The van der Waals surface area contributed by atoms with Gasteiger partial charge in [-0.05, 0) is 18.9 Å². The van der Waals surface area contributed by atoms with Gasteiger partial charge in [-0.3, -0.25) is 0 Å². The summed E-state index contributed by atoms with van der Waals surface area (Å²) in [6.45, 7) is 0.516. The molecule has 6 nitrogen and oxygen atoms in total. The summed E-state index contributed by atoms with van der Waals surface area (Å²) in [5.41, 5.74) is 0.654. The van der Waals surface area contributed by atoms with Crippen molar-refractivity contribution in [3.05, 3.63) is 18.0 Å². The molecule has 19 heavy (non-hydrogen) atoms. The first kappa shape index (κ1) is 14.5. The zero-order chi connectivity index (χ0) is 14.0.